The van der Waals surface area contributed by atoms with Gasteiger partial charge in [-0.25, -0.2) is 9.97 Å². The van der Waals surface area contributed by atoms with E-state index in [9.17, 15) is 0 Å². The Morgan fingerprint density at radius 2 is 1.88 bits per heavy atom. The Bertz CT molecular complexity index is 556. The van der Waals surface area contributed by atoms with Crippen LogP contribution < -0.4 is 15.5 Å². The number of guanidine groups is 1. The smallest absolute Gasteiger partial charge is 0.225 e. The summed E-state index contributed by atoms with van der Waals surface area (Å²) in [5.74, 6) is 1.76. The van der Waals surface area contributed by atoms with E-state index in [1.54, 1.807) is 0 Å². The molecule has 0 aromatic carbocycles. The summed E-state index contributed by atoms with van der Waals surface area (Å²) in [5.41, 5.74) is 0. The van der Waals surface area contributed by atoms with Crippen LogP contribution in [0.4, 0.5) is 5.95 Å². The van der Waals surface area contributed by atoms with Crippen molar-refractivity contribution in [2.45, 2.75) is 25.3 Å². The highest BCUT2D eigenvalue weighted by molar-refractivity contribution is 5.80. The molecule has 2 N–H and O–H groups in total. The monoisotopic (exact) mass is 343 g/mol. The number of rotatable bonds is 6. The lowest BCUT2D eigenvalue weighted by atomic mass is 10.2. The van der Waals surface area contributed by atoms with Crippen molar-refractivity contribution in [3.8, 4) is 0 Å². The van der Waals surface area contributed by atoms with Crippen LogP contribution in [0.15, 0.2) is 35.6 Å². The Labute approximate surface area is 150 Å². The van der Waals surface area contributed by atoms with Gasteiger partial charge in [-0.3, -0.25) is 9.89 Å². The minimum atomic E-state index is 0.500. The van der Waals surface area contributed by atoms with Crippen molar-refractivity contribution in [3.05, 3.63) is 30.6 Å². The molecule has 2 heterocycles. The van der Waals surface area contributed by atoms with Crippen LogP contribution in [0, 0.1) is 0 Å². The topological polar surface area (TPSA) is 68.7 Å². The molecule has 1 aliphatic carbocycles. The molecule has 1 fully saturated rings. The Hall–Kier alpha value is -2.15. The third kappa shape index (κ3) is 5.42. The van der Waals surface area contributed by atoms with Crippen molar-refractivity contribution in [1.29, 1.82) is 0 Å². The Morgan fingerprint density at radius 3 is 2.56 bits per heavy atom. The number of hydrogen-bond acceptors (Lipinski definition) is 5. The molecule has 0 saturated carbocycles. The highest BCUT2D eigenvalue weighted by Gasteiger charge is 2.18. The SMILES string of the molecule is CN=C(NCCCN1CCN(c2ncccn2)CC1)NC1CC=CC1. The fourth-order valence-electron chi connectivity index (χ4n) is 3.26. The summed E-state index contributed by atoms with van der Waals surface area (Å²) < 4.78 is 0. The third-order valence-electron chi connectivity index (χ3n) is 4.72. The van der Waals surface area contributed by atoms with Gasteiger partial charge in [0.1, 0.15) is 0 Å². The molecular formula is C18H29N7. The van der Waals surface area contributed by atoms with Gasteiger partial charge in [-0.15, -0.1) is 0 Å². The number of aliphatic imine (C=N–C) groups is 1. The largest absolute Gasteiger partial charge is 0.356 e. The zero-order chi connectivity index (χ0) is 17.3. The number of nitrogens with zero attached hydrogens (tertiary/aromatic N) is 5. The zero-order valence-corrected chi connectivity index (χ0v) is 15.1. The quantitative estimate of drug-likeness (QED) is 0.346. The molecule has 0 atom stereocenters. The van der Waals surface area contributed by atoms with Gasteiger partial charge in [-0.2, -0.15) is 0 Å². The van der Waals surface area contributed by atoms with E-state index in [1.165, 1.54) is 0 Å². The van der Waals surface area contributed by atoms with Gasteiger partial charge in [0.2, 0.25) is 5.95 Å². The average Bonchev–Trinajstić information content (AvgIpc) is 3.18. The second-order valence-electron chi connectivity index (χ2n) is 6.51. The first-order valence-corrected chi connectivity index (χ1v) is 9.21. The normalized spacial score (nSPS) is 19.4. The van der Waals surface area contributed by atoms with Gasteiger partial charge in [-0.05, 0) is 31.9 Å². The molecule has 1 saturated heterocycles. The summed E-state index contributed by atoms with van der Waals surface area (Å²) in [6, 6.07) is 2.36. The fraction of sp³-hybridized carbons (Fsp3) is 0.611. The third-order valence-corrected chi connectivity index (χ3v) is 4.72. The lowest BCUT2D eigenvalue weighted by Gasteiger charge is -2.34. The number of piperazine rings is 1. The molecule has 1 aliphatic heterocycles. The summed E-state index contributed by atoms with van der Waals surface area (Å²) >= 11 is 0. The summed E-state index contributed by atoms with van der Waals surface area (Å²) in [6.07, 6.45) is 11.4. The highest BCUT2D eigenvalue weighted by Crippen LogP contribution is 2.10. The van der Waals surface area contributed by atoms with Crippen LogP contribution in [0.3, 0.4) is 0 Å². The van der Waals surface area contributed by atoms with E-state index in [2.05, 4.69) is 47.5 Å². The lowest BCUT2D eigenvalue weighted by molar-refractivity contribution is 0.254. The molecule has 0 radical (unpaired) electrons. The lowest BCUT2D eigenvalue weighted by Crippen LogP contribution is -2.48. The summed E-state index contributed by atoms with van der Waals surface area (Å²) in [4.78, 5) is 17.8. The molecule has 3 rings (SSSR count). The van der Waals surface area contributed by atoms with Crippen molar-refractivity contribution in [1.82, 2.24) is 25.5 Å². The molecular weight excluding hydrogens is 314 g/mol. The second kappa shape index (κ2) is 9.36. The molecule has 136 valence electrons. The number of aromatic nitrogens is 2. The maximum atomic E-state index is 4.34. The van der Waals surface area contributed by atoms with Gasteiger partial charge < -0.3 is 15.5 Å². The maximum Gasteiger partial charge on any atom is 0.225 e. The van der Waals surface area contributed by atoms with Crippen LogP contribution in [0.25, 0.3) is 0 Å². The van der Waals surface area contributed by atoms with E-state index in [0.717, 1.165) is 70.4 Å². The minimum Gasteiger partial charge on any atom is -0.356 e. The number of hydrogen-bond donors (Lipinski definition) is 2. The van der Waals surface area contributed by atoms with E-state index < -0.39 is 0 Å². The first-order chi connectivity index (χ1) is 12.3. The predicted octanol–water partition coefficient (Wildman–Crippen LogP) is 0.872. The van der Waals surface area contributed by atoms with Crippen molar-refractivity contribution < 1.29 is 0 Å². The van der Waals surface area contributed by atoms with Crippen LogP contribution in [-0.4, -0.2) is 73.2 Å². The van der Waals surface area contributed by atoms with E-state index in [1.807, 2.05) is 25.5 Å². The molecule has 0 bridgehead atoms. The van der Waals surface area contributed by atoms with Gasteiger partial charge in [-0.1, -0.05) is 12.2 Å². The van der Waals surface area contributed by atoms with E-state index >= 15 is 0 Å². The highest BCUT2D eigenvalue weighted by atomic mass is 15.3. The van der Waals surface area contributed by atoms with E-state index in [4.69, 9.17) is 0 Å². The summed E-state index contributed by atoms with van der Waals surface area (Å²) in [7, 11) is 1.84. The Balaban J connectivity index is 1.29. The molecule has 0 unspecified atom stereocenters. The van der Waals surface area contributed by atoms with Crippen LogP contribution >= 0.6 is 0 Å². The molecule has 0 amide bonds. The van der Waals surface area contributed by atoms with Crippen molar-refractivity contribution >= 4 is 11.9 Å². The van der Waals surface area contributed by atoms with Gasteiger partial charge in [0.25, 0.3) is 0 Å². The molecule has 7 heteroatoms. The summed E-state index contributed by atoms with van der Waals surface area (Å²) in [6.45, 7) is 6.18. The van der Waals surface area contributed by atoms with Crippen LogP contribution in [0.5, 0.6) is 0 Å². The minimum absolute atomic E-state index is 0.500. The second-order valence-corrected chi connectivity index (χ2v) is 6.51. The van der Waals surface area contributed by atoms with Gasteiger partial charge >= 0.3 is 0 Å². The van der Waals surface area contributed by atoms with Crippen molar-refractivity contribution in [2.24, 2.45) is 4.99 Å². The van der Waals surface area contributed by atoms with Crippen LogP contribution in [0.1, 0.15) is 19.3 Å². The first-order valence-electron chi connectivity index (χ1n) is 9.21. The number of nitrogens with one attached hydrogen (secondary N) is 2. The molecule has 1 aromatic heterocycles. The van der Waals surface area contributed by atoms with Gasteiger partial charge in [0.05, 0.1) is 0 Å². The molecule has 1 aromatic rings. The van der Waals surface area contributed by atoms with Crippen molar-refractivity contribution in [2.75, 3.05) is 51.2 Å². The number of anilines is 1. The van der Waals surface area contributed by atoms with Crippen LogP contribution in [0.2, 0.25) is 0 Å². The molecule has 7 nitrogen and oxygen atoms in total. The van der Waals surface area contributed by atoms with Crippen LogP contribution in [-0.2, 0) is 0 Å². The molecule has 2 aliphatic rings. The first kappa shape index (κ1) is 17.7. The fourth-order valence-corrected chi connectivity index (χ4v) is 3.26. The Kier molecular flexibility index (Phi) is 6.62. The Morgan fingerprint density at radius 1 is 1.16 bits per heavy atom. The van der Waals surface area contributed by atoms with Crippen molar-refractivity contribution in [3.63, 3.8) is 0 Å². The van der Waals surface area contributed by atoms with E-state index in [-0.39, 0.29) is 0 Å². The van der Waals surface area contributed by atoms with Gasteiger partial charge in [0, 0.05) is 58.2 Å². The predicted molar refractivity (Wildman–Crippen MR) is 102 cm³/mol. The average molecular weight is 343 g/mol. The molecule has 25 heavy (non-hydrogen) atoms. The standard InChI is InChI=1S/C18H29N7/c1-19-17(23-16-6-2-3-7-16)20-10-5-11-24-12-14-25(15-13-24)18-21-8-4-9-22-18/h2-4,8-9,16H,5-7,10-15H2,1H3,(H2,19,20,23). The summed E-state index contributed by atoms with van der Waals surface area (Å²) in [5, 5.41) is 6.89. The zero-order valence-electron chi connectivity index (χ0n) is 15.1. The van der Waals surface area contributed by atoms with Gasteiger partial charge in [0.15, 0.2) is 5.96 Å². The maximum absolute atomic E-state index is 4.34. The van der Waals surface area contributed by atoms with E-state index in [0.29, 0.717) is 6.04 Å². The molecule has 0 spiro atoms.